The summed E-state index contributed by atoms with van der Waals surface area (Å²) in [5, 5.41) is 3.14. The molecule has 1 aromatic carbocycles. The molecule has 0 aromatic heterocycles. The van der Waals surface area contributed by atoms with Crippen LogP contribution in [0.5, 0.6) is 0 Å². The lowest BCUT2D eigenvalue weighted by atomic mass is 10.2. The van der Waals surface area contributed by atoms with Crippen molar-refractivity contribution in [1.29, 1.82) is 0 Å². The van der Waals surface area contributed by atoms with Crippen LogP contribution in [0.3, 0.4) is 0 Å². The van der Waals surface area contributed by atoms with Gasteiger partial charge in [-0.25, -0.2) is 0 Å². The highest BCUT2D eigenvalue weighted by Gasteiger charge is 2.33. The Morgan fingerprint density at radius 2 is 1.90 bits per heavy atom. The van der Waals surface area contributed by atoms with E-state index in [-0.39, 0.29) is 13.0 Å². The molecular formula is C15H19F3N2O. The highest BCUT2D eigenvalue weighted by Crippen LogP contribution is 2.20. The van der Waals surface area contributed by atoms with E-state index >= 15 is 0 Å². The van der Waals surface area contributed by atoms with E-state index in [1.807, 2.05) is 0 Å². The molecule has 6 heteroatoms. The average Bonchev–Trinajstić information content (AvgIpc) is 3.21. The molecule has 1 amide bonds. The van der Waals surface area contributed by atoms with Crippen molar-refractivity contribution in [1.82, 2.24) is 10.2 Å². The Balaban J connectivity index is 1.91. The number of carbonyl (C=O) groups is 1. The van der Waals surface area contributed by atoms with Crippen LogP contribution in [0.15, 0.2) is 30.3 Å². The highest BCUT2D eigenvalue weighted by atomic mass is 19.4. The Kier molecular flexibility index (Phi) is 5.22. The zero-order chi connectivity index (χ0) is 15.3. The van der Waals surface area contributed by atoms with Gasteiger partial charge in [-0.3, -0.25) is 4.79 Å². The second-order valence-corrected chi connectivity index (χ2v) is 5.33. The number of hydrogen-bond donors (Lipinski definition) is 1. The highest BCUT2D eigenvalue weighted by molar-refractivity contribution is 5.76. The summed E-state index contributed by atoms with van der Waals surface area (Å²) < 4.78 is 37.9. The summed E-state index contributed by atoms with van der Waals surface area (Å²) in [5.41, 5.74) is 0.699. The third-order valence-corrected chi connectivity index (χ3v) is 3.29. The van der Waals surface area contributed by atoms with Crippen LogP contribution in [-0.2, 0) is 11.3 Å². The second kappa shape index (κ2) is 6.93. The molecule has 0 aliphatic heterocycles. The van der Waals surface area contributed by atoms with Gasteiger partial charge in [0.1, 0.15) is 6.54 Å². The molecular weight excluding hydrogens is 281 g/mol. The number of alkyl halides is 3. The minimum absolute atomic E-state index is 0.0113. The van der Waals surface area contributed by atoms with E-state index in [0.29, 0.717) is 18.2 Å². The molecule has 3 nitrogen and oxygen atoms in total. The van der Waals surface area contributed by atoms with E-state index in [1.165, 1.54) is 0 Å². The fraction of sp³-hybridized carbons (Fsp3) is 0.533. The molecule has 2 rings (SSSR count). The van der Waals surface area contributed by atoms with Crippen LogP contribution in [0.4, 0.5) is 13.2 Å². The summed E-state index contributed by atoms with van der Waals surface area (Å²) in [4.78, 5) is 12.9. The number of nitrogens with zero attached hydrogens (tertiary/aromatic N) is 1. The maximum Gasteiger partial charge on any atom is 0.406 e. The minimum atomic E-state index is -4.38. The quantitative estimate of drug-likeness (QED) is 0.840. The van der Waals surface area contributed by atoms with Crippen LogP contribution >= 0.6 is 0 Å². The van der Waals surface area contributed by atoms with Crippen molar-refractivity contribution in [3.8, 4) is 0 Å². The van der Waals surface area contributed by atoms with Crippen molar-refractivity contribution >= 4 is 5.91 Å². The van der Waals surface area contributed by atoms with E-state index < -0.39 is 18.6 Å². The van der Waals surface area contributed by atoms with Gasteiger partial charge < -0.3 is 10.2 Å². The summed E-state index contributed by atoms with van der Waals surface area (Å²) in [7, 11) is 0. The topological polar surface area (TPSA) is 32.3 Å². The van der Waals surface area contributed by atoms with Crippen LogP contribution in [-0.4, -0.2) is 36.1 Å². The molecule has 1 aliphatic rings. The van der Waals surface area contributed by atoms with Crippen molar-refractivity contribution in [3.05, 3.63) is 35.9 Å². The van der Waals surface area contributed by atoms with E-state index in [1.54, 1.807) is 30.3 Å². The number of halogens is 3. The van der Waals surface area contributed by atoms with Gasteiger partial charge in [0.15, 0.2) is 0 Å². The summed E-state index contributed by atoms with van der Waals surface area (Å²) in [6.45, 7) is -0.778. The fourth-order valence-electron chi connectivity index (χ4n) is 2.08. The number of benzene rings is 1. The first-order valence-electron chi connectivity index (χ1n) is 7.06. The molecule has 0 unspecified atom stereocenters. The summed E-state index contributed by atoms with van der Waals surface area (Å²) in [6.07, 6.45) is -2.11. The normalized spacial score (nSPS) is 15.0. The van der Waals surface area contributed by atoms with Gasteiger partial charge in [0.05, 0.1) is 0 Å². The van der Waals surface area contributed by atoms with Gasteiger partial charge in [-0.1, -0.05) is 30.3 Å². The number of rotatable bonds is 7. The molecule has 1 N–H and O–H groups in total. The number of carbonyl (C=O) groups excluding carboxylic acids is 1. The minimum Gasteiger partial charge on any atom is -0.329 e. The summed E-state index contributed by atoms with van der Waals surface area (Å²) in [6, 6.07) is 9.18. The number of nitrogens with one attached hydrogen (secondary N) is 1. The molecule has 116 valence electrons. The summed E-state index contributed by atoms with van der Waals surface area (Å²) in [5.74, 6) is -0.468. The van der Waals surface area contributed by atoms with Gasteiger partial charge in [0, 0.05) is 25.6 Å². The molecule has 0 radical (unpaired) electrons. The molecule has 0 bridgehead atoms. The monoisotopic (exact) mass is 300 g/mol. The smallest absolute Gasteiger partial charge is 0.329 e. The Morgan fingerprint density at radius 1 is 1.24 bits per heavy atom. The Labute approximate surface area is 122 Å². The third kappa shape index (κ3) is 6.16. The molecule has 0 atom stereocenters. The van der Waals surface area contributed by atoms with Crippen LogP contribution in [0.25, 0.3) is 0 Å². The van der Waals surface area contributed by atoms with E-state index in [2.05, 4.69) is 5.32 Å². The van der Waals surface area contributed by atoms with Crippen LogP contribution in [0.2, 0.25) is 0 Å². The standard InChI is InChI=1S/C15H19F3N2O/c16-15(17,18)11-20(10-12-4-2-1-3-5-12)14(21)8-9-19-13-6-7-13/h1-5,13,19H,6-11H2. The third-order valence-electron chi connectivity index (χ3n) is 3.29. The molecule has 21 heavy (non-hydrogen) atoms. The van der Waals surface area contributed by atoms with Gasteiger partial charge in [0.25, 0.3) is 0 Å². The largest absolute Gasteiger partial charge is 0.406 e. The molecule has 0 spiro atoms. The van der Waals surface area contributed by atoms with Gasteiger partial charge in [-0.15, -0.1) is 0 Å². The van der Waals surface area contributed by atoms with Crippen molar-refractivity contribution in [2.75, 3.05) is 13.1 Å². The number of hydrogen-bond acceptors (Lipinski definition) is 2. The number of amides is 1. The van der Waals surface area contributed by atoms with E-state index in [9.17, 15) is 18.0 Å². The SMILES string of the molecule is O=C(CCNC1CC1)N(Cc1ccccc1)CC(F)(F)F. The van der Waals surface area contributed by atoms with Crippen LogP contribution in [0, 0.1) is 0 Å². The predicted molar refractivity (Wildman–Crippen MR) is 73.6 cm³/mol. The molecule has 1 aromatic rings. The lowest BCUT2D eigenvalue weighted by Crippen LogP contribution is -2.39. The van der Waals surface area contributed by atoms with E-state index in [4.69, 9.17) is 0 Å². The predicted octanol–water partition coefficient (Wildman–Crippen LogP) is 2.72. The lowest BCUT2D eigenvalue weighted by molar-refractivity contribution is -0.162. The summed E-state index contributed by atoms with van der Waals surface area (Å²) >= 11 is 0. The zero-order valence-electron chi connectivity index (χ0n) is 11.7. The Bertz CT molecular complexity index is 458. The van der Waals surface area contributed by atoms with Gasteiger partial charge in [-0.05, 0) is 18.4 Å². The molecule has 0 saturated heterocycles. The van der Waals surface area contributed by atoms with E-state index in [0.717, 1.165) is 17.7 Å². The zero-order valence-corrected chi connectivity index (χ0v) is 11.7. The Hall–Kier alpha value is -1.56. The van der Waals surface area contributed by atoms with Crippen molar-refractivity contribution in [2.24, 2.45) is 0 Å². The van der Waals surface area contributed by atoms with Crippen LogP contribution < -0.4 is 5.32 Å². The first kappa shape index (κ1) is 15.8. The average molecular weight is 300 g/mol. The molecule has 1 fully saturated rings. The maximum atomic E-state index is 12.6. The maximum absolute atomic E-state index is 12.6. The van der Waals surface area contributed by atoms with Crippen molar-refractivity contribution in [3.63, 3.8) is 0 Å². The van der Waals surface area contributed by atoms with Crippen molar-refractivity contribution in [2.45, 2.75) is 38.0 Å². The molecule has 1 aliphatic carbocycles. The fourth-order valence-corrected chi connectivity index (χ4v) is 2.08. The first-order chi connectivity index (χ1) is 9.94. The lowest BCUT2D eigenvalue weighted by Gasteiger charge is -2.24. The van der Waals surface area contributed by atoms with Crippen LogP contribution in [0.1, 0.15) is 24.8 Å². The molecule has 0 heterocycles. The first-order valence-corrected chi connectivity index (χ1v) is 7.06. The van der Waals surface area contributed by atoms with Crippen molar-refractivity contribution < 1.29 is 18.0 Å². The second-order valence-electron chi connectivity index (χ2n) is 5.33. The molecule has 1 saturated carbocycles. The van der Waals surface area contributed by atoms with Gasteiger partial charge in [-0.2, -0.15) is 13.2 Å². The van der Waals surface area contributed by atoms with Gasteiger partial charge >= 0.3 is 6.18 Å². The Morgan fingerprint density at radius 3 is 2.48 bits per heavy atom. The van der Waals surface area contributed by atoms with Gasteiger partial charge in [0.2, 0.25) is 5.91 Å².